The summed E-state index contributed by atoms with van der Waals surface area (Å²) >= 11 is 6.07. The maximum atomic E-state index is 12.5. The summed E-state index contributed by atoms with van der Waals surface area (Å²) in [5.74, 6) is 0.961. The van der Waals surface area contributed by atoms with Crippen molar-refractivity contribution in [3.63, 3.8) is 0 Å². The van der Waals surface area contributed by atoms with Gasteiger partial charge < -0.3 is 15.4 Å². The summed E-state index contributed by atoms with van der Waals surface area (Å²) in [6.07, 6.45) is 4.28. The van der Waals surface area contributed by atoms with Crippen LogP contribution in [0, 0.1) is 5.92 Å². The zero-order valence-corrected chi connectivity index (χ0v) is 18.5. The van der Waals surface area contributed by atoms with Crippen LogP contribution in [0.15, 0.2) is 18.2 Å². The number of rotatable bonds is 6. The molecule has 2 aliphatic rings. The van der Waals surface area contributed by atoms with E-state index in [1.165, 1.54) is 0 Å². The molecule has 1 aromatic carbocycles. The molecule has 2 N–H and O–H groups in total. The zero-order valence-electron chi connectivity index (χ0n) is 17.8. The van der Waals surface area contributed by atoms with E-state index >= 15 is 0 Å². The quantitative estimate of drug-likeness (QED) is 0.739. The van der Waals surface area contributed by atoms with Crippen LogP contribution in [0.2, 0.25) is 5.02 Å². The first kappa shape index (κ1) is 21.9. The number of benzene rings is 1. The highest BCUT2D eigenvalue weighted by atomic mass is 35.5. The van der Waals surface area contributed by atoms with Crippen LogP contribution in [-0.2, 0) is 4.79 Å². The molecule has 0 radical (unpaired) electrons. The molecule has 0 aromatic heterocycles. The second-order valence-electron chi connectivity index (χ2n) is 9.28. The van der Waals surface area contributed by atoms with E-state index in [-0.39, 0.29) is 17.4 Å². The summed E-state index contributed by atoms with van der Waals surface area (Å²) in [4.78, 5) is 27.3. The fourth-order valence-corrected chi connectivity index (χ4v) is 4.81. The predicted molar refractivity (Wildman–Crippen MR) is 114 cm³/mol. The minimum Gasteiger partial charge on any atom is -0.497 e. The van der Waals surface area contributed by atoms with Crippen LogP contribution in [-0.4, -0.2) is 54.5 Å². The van der Waals surface area contributed by atoms with E-state index in [1.807, 2.05) is 20.8 Å². The van der Waals surface area contributed by atoms with E-state index in [1.54, 1.807) is 25.3 Å². The molecule has 0 saturated carbocycles. The smallest absolute Gasteiger partial charge is 0.251 e. The average Bonchev–Trinajstić information content (AvgIpc) is 2.86. The van der Waals surface area contributed by atoms with E-state index < -0.39 is 0 Å². The monoisotopic (exact) mass is 421 g/mol. The van der Waals surface area contributed by atoms with Crippen LogP contribution in [0.5, 0.6) is 5.75 Å². The first-order chi connectivity index (χ1) is 13.6. The third-order valence-corrected chi connectivity index (χ3v) is 5.96. The molecule has 0 unspecified atom stereocenters. The first-order valence-electron chi connectivity index (χ1n) is 10.3. The number of hydrogen-bond acceptors (Lipinski definition) is 4. The third-order valence-electron chi connectivity index (χ3n) is 5.74. The highest BCUT2D eigenvalue weighted by Gasteiger charge is 2.41. The Morgan fingerprint density at radius 3 is 2.41 bits per heavy atom. The number of nitrogens with one attached hydrogen (secondary N) is 2. The van der Waals surface area contributed by atoms with Crippen molar-refractivity contribution in [2.45, 2.75) is 64.1 Å². The highest BCUT2D eigenvalue weighted by molar-refractivity contribution is 6.31. The van der Waals surface area contributed by atoms with Crippen molar-refractivity contribution >= 4 is 23.4 Å². The summed E-state index contributed by atoms with van der Waals surface area (Å²) < 4.78 is 5.19. The summed E-state index contributed by atoms with van der Waals surface area (Å²) in [5.41, 5.74) is 0.301. The number of piperidine rings is 1. The third kappa shape index (κ3) is 5.86. The van der Waals surface area contributed by atoms with Gasteiger partial charge in [0, 0.05) is 34.8 Å². The lowest BCUT2D eigenvalue weighted by molar-refractivity contribution is -0.125. The van der Waals surface area contributed by atoms with Gasteiger partial charge >= 0.3 is 0 Å². The number of nitrogens with zero attached hydrogens (tertiary/aromatic N) is 1. The number of ether oxygens (including phenoxy) is 1. The number of halogens is 1. The summed E-state index contributed by atoms with van der Waals surface area (Å²) in [6, 6.07) is 5.88. The lowest BCUT2D eigenvalue weighted by atomic mass is 9.90. The summed E-state index contributed by atoms with van der Waals surface area (Å²) in [7, 11) is 1.55. The number of methoxy groups -OCH3 is 1. The van der Waals surface area contributed by atoms with Crippen LogP contribution in [0.3, 0.4) is 0 Å². The largest absolute Gasteiger partial charge is 0.497 e. The lowest BCUT2D eigenvalue weighted by Gasteiger charge is -2.39. The van der Waals surface area contributed by atoms with Gasteiger partial charge in [-0.25, -0.2) is 0 Å². The van der Waals surface area contributed by atoms with Crippen molar-refractivity contribution in [1.29, 1.82) is 0 Å². The van der Waals surface area contributed by atoms with Crippen LogP contribution in [0.25, 0.3) is 0 Å². The van der Waals surface area contributed by atoms with Gasteiger partial charge in [0.2, 0.25) is 5.91 Å². The Kier molecular flexibility index (Phi) is 6.74. The standard InChI is InChI=1S/C22H32ClN3O3/c1-22(2,3)25-20(27)13-26-17-5-6-18(26)8-14(7-17)12-24-21(28)15-9-16(23)11-19(10-15)29-4/h9-11,14,17-18H,5-8,12-13H2,1-4H3,(H,24,28)(H,25,27)/t14-,17+,18-. The molecule has 0 spiro atoms. The minimum atomic E-state index is -0.207. The molecule has 2 bridgehead atoms. The Morgan fingerprint density at radius 1 is 1.17 bits per heavy atom. The Labute approximate surface area is 178 Å². The molecule has 1 aromatic rings. The molecule has 6 nitrogen and oxygen atoms in total. The molecule has 29 heavy (non-hydrogen) atoms. The average molecular weight is 422 g/mol. The topological polar surface area (TPSA) is 70.7 Å². The number of fused-ring (bicyclic) bond motifs is 2. The first-order valence-corrected chi connectivity index (χ1v) is 10.7. The van der Waals surface area contributed by atoms with Gasteiger partial charge in [-0.2, -0.15) is 0 Å². The Morgan fingerprint density at radius 2 is 1.83 bits per heavy atom. The van der Waals surface area contributed by atoms with Crippen molar-refractivity contribution in [3.05, 3.63) is 28.8 Å². The van der Waals surface area contributed by atoms with Gasteiger partial charge in [-0.3, -0.25) is 14.5 Å². The lowest BCUT2D eigenvalue weighted by Crippen LogP contribution is -2.52. The number of amides is 2. The van der Waals surface area contributed by atoms with Gasteiger partial charge in [0.15, 0.2) is 0 Å². The molecular formula is C22H32ClN3O3. The maximum Gasteiger partial charge on any atom is 0.251 e. The number of carbonyl (C=O) groups excluding carboxylic acids is 2. The molecule has 2 fully saturated rings. The van der Waals surface area contributed by atoms with Crippen LogP contribution in [0.4, 0.5) is 0 Å². The molecule has 160 valence electrons. The molecule has 3 atom stereocenters. The van der Waals surface area contributed by atoms with Crippen molar-refractivity contribution in [2.24, 2.45) is 5.92 Å². The van der Waals surface area contributed by atoms with E-state index in [2.05, 4.69) is 15.5 Å². The van der Waals surface area contributed by atoms with Gasteiger partial charge in [-0.1, -0.05) is 11.6 Å². The van der Waals surface area contributed by atoms with Crippen molar-refractivity contribution in [2.75, 3.05) is 20.2 Å². The van der Waals surface area contributed by atoms with E-state index in [9.17, 15) is 9.59 Å². The van der Waals surface area contributed by atoms with Gasteiger partial charge in [-0.05, 0) is 70.6 Å². The Balaban J connectivity index is 1.52. The van der Waals surface area contributed by atoms with Crippen LogP contribution in [0.1, 0.15) is 56.8 Å². The molecule has 3 rings (SSSR count). The second kappa shape index (κ2) is 8.92. The van der Waals surface area contributed by atoms with E-state index in [4.69, 9.17) is 16.3 Å². The molecule has 2 aliphatic heterocycles. The predicted octanol–water partition coefficient (Wildman–Crippen LogP) is 3.24. The number of hydrogen-bond donors (Lipinski definition) is 2. The normalized spacial score (nSPS) is 24.2. The molecule has 7 heteroatoms. The highest BCUT2D eigenvalue weighted by Crippen LogP contribution is 2.38. The molecule has 0 aliphatic carbocycles. The van der Waals surface area contributed by atoms with Crippen LogP contribution >= 0.6 is 11.6 Å². The molecule has 2 heterocycles. The van der Waals surface area contributed by atoms with Crippen molar-refractivity contribution < 1.29 is 14.3 Å². The summed E-state index contributed by atoms with van der Waals surface area (Å²) in [6.45, 7) is 7.12. The molecule has 2 saturated heterocycles. The molecule has 2 amide bonds. The molecular weight excluding hydrogens is 390 g/mol. The van der Waals surface area contributed by atoms with E-state index in [0.29, 0.717) is 47.4 Å². The van der Waals surface area contributed by atoms with E-state index in [0.717, 1.165) is 25.7 Å². The van der Waals surface area contributed by atoms with Crippen molar-refractivity contribution in [3.8, 4) is 5.75 Å². The summed E-state index contributed by atoms with van der Waals surface area (Å²) in [5, 5.41) is 6.59. The minimum absolute atomic E-state index is 0.0936. The van der Waals surface area contributed by atoms with Crippen molar-refractivity contribution in [1.82, 2.24) is 15.5 Å². The fraction of sp³-hybridized carbons (Fsp3) is 0.636. The number of carbonyl (C=O) groups is 2. The zero-order chi connectivity index (χ0) is 21.2. The van der Waals surface area contributed by atoms with Gasteiger partial charge in [0.1, 0.15) is 5.75 Å². The Hall–Kier alpha value is -1.79. The Bertz CT molecular complexity index is 748. The van der Waals surface area contributed by atoms with Crippen LogP contribution < -0.4 is 15.4 Å². The SMILES string of the molecule is COc1cc(Cl)cc(C(=O)NC[C@H]2C[C@H]3CC[C@@H](C2)N3CC(=O)NC(C)(C)C)c1. The fourth-order valence-electron chi connectivity index (χ4n) is 4.59. The maximum absolute atomic E-state index is 12.5. The van der Waals surface area contributed by atoms with Gasteiger partial charge in [-0.15, -0.1) is 0 Å². The van der Waals surface area contributed by atoms with Gasteiger partial charge in [0.05, 0.1) is 13.7 Å². The van der Waals surface area contributed by atoms with Gasteiger partial charge in [0.25, 0.3) is 5.91 Å². The second-order valence-corrected chi connectivity index (χ2v) is 9.72.